The van der Waals surface area contributed by atoms with E-state index < -0.39 is 0 Å². The van der Waals surface area contributed by atoms with E-state index in [4.69, 9.17) is 22.6 Å². The van der Waals surface area contributed by atoms with E-state index in [1.807, 2.05) is 6.07 Å². The average Bonchev–Trinajstić information content (AvgIpc) is 2.58. The number of ether oxygens (including phenoxy) is 1. The molecular formula is C16H15N5O. The predicted octanol–water partition coefficient (Wildman–Crippen LogP) is 1.12. The fourth-order valence-electron chi connectivity index (χ4n) is 1.58. The summed E-state index contributed by atoms with van der Waals surface area (Å²) in [6.45, 7) is 0.216. The Morgan fingerprint density at radius 3 is 2.45 bits per heavy atom. The lowest BCUT2D eigenvalue weighted by atomic mass is 10.2. The van der Waals surface area contributed by atoms with Crippen LogP contribution in [0.15, 0.2) is 58.9 Å². The van der Waals surface area contributed by atoms with Gasteiger partial charge in [-0.05, 0) is 36.4 Å². The van der Waals surface area contributed by atoms with Gasteiger partial charge in [0, 0.05) is 11.8 Å². The van der Waals surface area contributed by atoms with Crippen molar-refractivity contribution in [2.45, 2.75) is 0 Å². The van der Waals surface area contributed by atoms with Crippen LogP contribution in [0.3, 0.4) is 0 Å². The van der Waals surface area contributed by atoms with Crippen LogP contribution in [0, 0.1) is 12.3 Å². The minimum absolute atomic E-state index is 0.192. The second-order valence-corrected chi connectivity index (χ2v) is 4.20. The number of aromatic nitrogens is 1. The molecule has 0 unspecified atom stereocenters. The fraction of sp³-hybridized carbons (Fsp3) is 0.0625. The highest BCUT2D eigenvalue weighted by Gasteiger charge is 2.01. The van der Waals surface area contributed by atoms with Crippen LogP contribution in [0.2, 0.25) is 0 Å². The molecule has 0 saturated carbocycles. The van der Waals surface area contributed by atoms with Crippen LogP contribution in [-0.4, -0.2) is 23.3 Å². The second kappa shape index (κ2) is 7.45. The molecule has 0 atom stereocenters. The van der Waals surface area contributed by atoms with Gasteiger partial charge >= 0.3 is 0 Å². The summed E-state index contributed by atoms with van der Waals surface area (Å²) in [5, 5.41) is 7.79. The molecule has 2 rings (SSSR count). The van der Waals surface area contributed by atoms with Gasteiger partial charge in [0.05, 0.1) is 0 Å². The number of hydrogen-bond donors (Lipinski definition) is 2. The molecule has 0 spiro atoms. The van der Waals surface area contributed by atoms with E-state index in [-0.39, 0.29) is 18.3 Å². The number of nitrogens with two attached hydrogens (primary N) is 2. The molecule has 0 aliphatic rings. The Hall–Kier alpha value is -3.33. The average molecular weight is 293 g/mol. The van der Waals surface area contributed by atoms with Gasteiger partial charge in [-0.15, -0.1) is 16.6 Å². The van der Waals surface area contributed by atoms with Crippen molar-refractivity contribution in [3.05, 3.63) is 59.9 Å². The first kappa shape index (κ1) is 15.1. The molecule has 1 aromatic carbocycles. The zero-order valence-electron chi connectivity index (χ0n) is 11.8. The Balaban J connectivity index is 2.10. The normalized spacial score (nSPS) is 11.8. The first-order valence-electron chi connectivity index (χ1n) is 6.45. The maximum Gasteiger partial charge on any atom is 0.172 e. The highest BCUT2D eigenvalue weighted by Crippen LogP contribution is 2.11. The molecule has 4 N–H and O–H groups in total. The van der Waals surface area contributed by atoms with Crippen LogP contribution >= 0.6 is 0 Å². The van der Waals surface area contributed by atoms with E-state index in [0.29, 0.717) is 17.0 Å². The van der Waals surface area contributed by atoms with Crippen LogP contribution in [0.1, 0.15) is 11.3 Å². The maximum absolute atomic E-state index is 5.87. The fourth-order valence-corrected chi connectivity index (χ4v) is 1.58. The quantitative estimate of drug-likeness (QED) is 0.373. The number of amidine groups is 2. The molecule has 0 aliphatic heterocycles. The first-order valence-corrected chi connectivity index (χ1v) is 6.45. The Morgan fingerprint density at radius 1 is 1.09 bits per heavy atom. The lowest BCUT2D eigenvalue weighted by molar-refractivity contribution is 0.370. The molecule has 110 valence electrons. The first-order chi connectivity index (χ1) is 10.7. The highest BCUT2D eigenvalue weighted by molar-refractivity contribution is 5.99. The number of rotatable bonds is 5. The summed E-state index contributed by atoms with van der Waals surface area (Å²) in [6, 6.07) is 12.4. The standard InChI is InChI=1S/C16H15N5O/c1-2-11-22-13-8-6-12(7-9-13)15(17)20-21-16(18)14-5-3-4-10-19-14/h1,3-10H,11H2,(H2,17,20)(H2,18,21). The Kier molecular flexibility index (Phi) is 5.10. The summed E-state index contributed by atoms with van der Waals surface area (Å²) in [6.07, 6.45) is 6.75. The summed E-state index contributed by atoms with van der Waals surface area (Å²) < 4.78 is 5.27. The van der Waals surface area contributed by atoms with Gasteiger partial charge in [-0.1, -0.05) is 12.0 Å². The topological polar surface area (TPSA) is 98.9 Å². The minimum Gasteiger partial charge on any atom is -0.481 e. The largest absolute Gasteiger partial charge is 0.481 e. The molecule has 6 nitrogen and oxygen atoms in total. The number of pyridine rings is 1. The number of terminal acetylenes is 1. The van der Waals surface area contributed by atoms with Crippen molar-refractivity contribution in [3.8, 4) is 18.1 Å². The van der Waals surface area contributed by atoms with E-state index in [1.54, 1.807) is 42.6 Å². The molecule has 1 aromatic heterocycles. The van der Waals surface area contributed by atoms with Crippen molar-refractivity contribution >= 4 is 11.7 Å². The Labute approximate surface area is 128 Å². The summed E-state index contributed by atoms with van der Waals surface area (Å²) in [5.74, 6) is 3.48. The Bertz CT molecular complexity index is 714. The molecule has 0 radical (unpaired) electrons. The molecule has 1 heterocycles. The third kappa shape index (κ3) is 4.08. The molecule has 6 heteroatoms. The summed E-state index contributed by atoms with van der Waals surface area (Å²) >= 11 is 0. The number of hydrogen-bond acceptors (Lipinski definition) is 4. The van der Waals surface area contributed by atoms with Crippen molar-refractivity contribution in [3.63, 3.8) is 0 Å². The van der Waals surface area contributed by atoms with Crippen LogP contribution in [0.5, 0.6) is 5.75 Å². The van der Waals surface area contributed by atoms with Gasteiger partial charge in [0.1, 0.15) is 18.1 Å². The van der Waals surface area contributed by atoms with Gasteiger partial charge in [0.25, 0.3) is 0 Å². The lowest BCUT2D eigenvalue weighted by Crippen LogP contribution is -2.17. The molecule has 0 aliphatic carbocycles. The van der Waals surface area contributed by atoms with Crippen LogP contribution in [-0.2, 0) is 0 Å². The minimum atomic E-state index is 0.192. The number of benzene rings is 1. The molecule has 0 bridgehead atoms. The van der Waals surface area contributed by atoms with Crippen molar-refractivity contribution in [2.75, 3.05) is 6.61 Å². The van der Waals surface area contributed by atoms with Gasteiger partial charge in [-0.25, -0.2) is 0 Å². The third-order valence-electron chi connectivity index (χ3n) is 2.67. The van der Waals surface area contributed by atoms with E-state index in [1.165, 1.54) is 0 Å². The van der Waals surface area contributed by atoms with Gasteiger partial charge in [-0.3, -0.25) is 4.98 Å². The van der Waals surface area contributed by atoms with Crippen molar-refractivity contribution in [1.29, 1.82) is 0 Å². The summed E-state index contributed by atoms with van der Waals surface area (Å²) in [7, 11) is 0. The van der Waals surface area contributed by atoms with E-state index in [2.05, 4.69) is 21.1 Å². The van der Waals surface area contributed by atoms with Crippen LogP contribution < -0.4 is 16.2 Å². The van der Waals surface area contributed by atoms with Crippen molar-refractivity contribution < 1.29 is 4.74 Å². The molecular weight excluding hydrogens is 278 g/mol. The van der Waals surface area contributed by atoms with Crippen molar-refractivity contribution in [1.82, 2.24) is 4.98 Å². The molecule has 0 saturated heterocycles. The van der Waals surface area contributed by atoms with Gasteiger partial charge in [-0.2, -0.15) is 0 Å². The third-order valence-corrected chi connectivity index (χ3v) is 2.67. The summed E-state index contributed by atoms with van der Waals surface area (Å²) in [4.78, 5) is 4.07. The molecule has 0 fully saturated rings. The van der Waals surface area contributed by atoms with Crippen LogP contribution in [0.4, 0.5) is 0 Å². The zero-order valence-corrected chi connectivity index (χ0v) is 11.8. The summed E-state index contributed by atoms with van der Waals surface area (Å²) in [5.41, 5.74) is 12.9. The van der Waals surface area contributed by atoms with E-state index in [0.717, 1.165) is 0 Å². The van der Waals surface area contributed by atoms with E-state index >= 15 is 0 Å². The predicted molar refractivity (Wildman–Crippen MR) is 86.5 cm³/mol. The lowest BCUT2D eigenvalue weighted by Gasteiger charge is -2.03. The molecule has 0 amide bonds. The second-order valence-electron chi connectivity index (χ2n) is 4.20. The smallest absolute Gasteiger partial charge is 0.172 e. The SMILES string of the molecule is C#CCOc1ccc(/C(N)=N/N=C(\N)c2ccccn2)cc1. The monoisotopic (exact) mass is 293 g/mol. The van der Waals surface area contributed by atoms with Gasteiger partial charge in [0.15, 0.2) is 11.7 Å². The zero-order chi connectivity index (χ0) is 15.8. The molecule has 2 aromatic rings. The number of nitrogens with zero attached hydrogens (tertiary/aromatic N) is 3. The Morgan fingerprint density at radius 2 is 1.82 bits per heavy atom. The van der Waals surface area contributed by atoms with Crippen LogP contribution in [0.25, 0.3) is 0 Å². The van der Waals surface area contributed by atoms with Gasteiger partial charge < -0.3 is 16.2 Å². The van der Waals surface area contributed by atoms with E-state index in [9.17, 15) is 0 Å². The molecule has 22 heavy (non-hydrogen) atoms. The maximum atomic E-state index is 5.87. The highest BCUT2D eigenvalue weighted by atomic mass is 16.5. The van der Waals surface area contributed by atoms with Crippen molar-refractivity contribution in [2.24, 2.45) is 21.7 Å². The van der Waals surface area contributed by atoms with Gasteiger partial charge in [0.2, 0.25) is 0 Å².